The summed E-state index contributed by atoms with van der Waals surface area (Å²) in [6, 6.07) is -0.189. The number of likely N-dealkylation sites (N-methyl/N-ethyl adjacent to an activating group) is 1. The van der Waals surface area contributed by atoms with Crippen molar-refractivity contribution < 1.29 is 9.53 Å². The van der Waals surface area contributed by atoms with Gasteiger partial charge in [-0.2, -0.15) is 0 Å². The molecule has 1 rings (SSSR count). The summed E-state index contributed by atoms with van der Waals surface area (Å²) < 4.78 is 4.86. The zero-order valence-corrected chi connectivity index (χ0v) is 13.0. The third kappa shape index (κ3) is 4.46. The predicted molar refractivity (Wildman–Crippen MR) is 78.2 cm³/mol. The third-order valence-corrected chi connectivity index (χ3v) is 4.79. The first kappa shape index (κ1) is 16.4. The van der Waals surface area contributed by atoms with Crippen LogP contribution in [0.15, 0.2) is 0 Å². The number of likely N-dealkylation sites (tertiary alicyclic amines) is 1. The van der Waals surface area contributed by atoms with Crippen molar-refractivity contribution in [1.29, 1.82) is 0 Å². The number of methoxy groups -OCH3 is 1. The van der Waals surface area contributed by atoms with Crippen LogP contribution in [0.1, 0.15) is 46.5 Å². The minimum Gasteiger partial charge on any atom is -0.468 e. The summed E-state index contributed by atoms with van der Waals surface area (Å²) in [7, 11) is 1.46. The summed E-state index contributed by atoms with van der Waals surface area (Å²) in [5.74, 6) is -0.148. The van der Waals surface area contributed by atoms with Gasteiger partial charge >= 0.3 is 5.97 Å². The molecule has 0 spiro atoms. The number of nitrogens with one attached hydrogen (secondary N) is 1. The Kier molecular flexibility index (Phi) is 6.80. The SMILES string of the molecule is CCNC(CN1CCC(CC)(CC)CC1)C(=O)OC. The molecule has 0 aromatic heterocycles. The van der Waals surface area contributed by atoms with Gasteiger partial charge in [-0.15, -0.1) is 0 Å². The Morgan fingerprint density at radius 3 is 2.26 bits per heavy atom. The zero-order chi connectivity index (χ0) is 14.3. The van der Waals surface area contributed by atoms with E-state index in [1.165, 1.54) is 32.8 Å². The molecule has 19 heavy (non-hydrogen) atoms. The van der Waals surface area contributed by atoms with Crippen LogP contribution >= 0.6 is 0 Å². The fraction of sp³-hybridized carbons (Fsp3) is 0.933. The standard InChI is InChI=1S/C15H30N2O2/c1-5-15(6-2)8-10-17(11-9-15)12-13(16-7-3)14(18)19-4/h13,16H,5-12H2,1-4H3. The first-order chi connectivity index (χ1) is 9.10. The molecule has 0 amide bonds. The van der Waals surface area contributed by atoms with Crippen LogP contribution in [0.2, 0.25) is 0 Å². The lowest BCUT2D eigenvalue weighted by Gasteiger charge is -2.41. The van der Waals surface area contributed by atoms with E-state index in [4.69, 9.17) is 4.74 Å². The van der Waals surface area contributed by atoms with E-state index in [2.05, 4.69) is 24.1 Å². The molecule has 0 aromatic rings. The number of piperidine rings is 1. The van der Waals surface area contributed by atoms with E-state index in [0.717, 1.165) is 26.2 Å². The number of rotatable bonds is 7. The average molecular weight is 270 g/mol. The van der Waals surface area contributed by atoms with Gasteiger partial charge in [0.05, 0.1) is 7.11 Å². The van der Waals surface area contributed by atoms with Crippen molar-refractivity contribution in [3.05, 3.63) is 0 Å². The van der Waals surface area contributed by atoms with Crippen LogP contribution in [0.5, 0.6) is 0 Å². The highest BCUT2D eigenvalue weighted by atomic mass is 16.5. The molecular weight excluding hydrogens is 240 g/mol. The summed E-state index contributed by atoms with van der Waals surface area (Å²) in [5.41, 5.74) is 0.537. The molecule has 0 aromatic carbocycles. The largest absolute Gasteiger partial charge is 0.468 e. The van der Waals surface area contributed by atoms with Crippen molar-refractivity contribution in [2.45, 2.75) is 52.5 Å². The average Bonchev–Trinajstić information content (AvgIpc) is 2.47. The molecule has 4 nitrogen and oxygen atoms in total. The van der Waals surface area contributed by atoms with Crippen molar-refractivity contribution in [3.63, 3.8) is 0 Å². The van der Waals surface area contributed by atoms with Gasteiger partial charge in [0.2, 0.25) is 0 Å². The van der Waals surface area contributed by atoms with Gasteiger partial charge in [-0.25, -0.2) is 0 Å². The number of hydrogen-bond donors (Lipinski definition) is 1. The molecule has 0 bridgehead atoms. The van der Waals surface area contributed by atoms with Gasteiger partial charge in [0.15, 0.2) is 0 Å². The van der Waals surface area contributed by atoms with Crippen LogP contribution in [0, 0.1) is 5.41 Å². The molecular formula is C15H30N2O2. The van der Waals surface area contributed by atoms with Crippen molar-refractivity contribution in [1.82, 2.24) is 10.2 Å². The Balaban J connectivity index is 2.48. The lowest BCUT2D eigenvalue weighted by Crippen LogP contribution is -2.50. The topological polar surface area (TPSA) is 41.6 Å². The fourth-order valence-electron chi connectivity index (χ4n) is 3.04. The lowest BCUT2D eigenvalue weighted by molar-refractivity contribution is -0.143. The van der Waals surface area contributed by atoms with Crippen LogP contribution in [0.25, 0.3) is 0 Å². The van der Waals surface area contributed by atoms with Crippen LogP contribution in [0.4, 0.5) is 0 Å². The number of carbonyl (C=O) groups excluding carboxylic acids is 1. The molecule has 0 radical (unpaired) electrons. The van der Waals surface area contributed by atoms with E-state index >= 15 is 0 Å². The Hall–Kier alpha value is -0.610. The number of esters is 1. The number of ether oxygens (including phenoxy) is 1. The molecule has 1 unspecified atom stereocenters. The molecule has 1 aliphatic heterocycles. The van der Waals surface area contributed by atoms with E-state index in [9.17, 15) is 4.79 Å². The Labute approximate surface area is 117 Å². The van der Waals surface area contributed by atoms with Gasteiger partial charge < -0.3 is 15.0 Å². The third-order valence-electron chi connectivity index (χ3n) is 4.79. The molecule has 1 N–H and O–H groups in total. The van der Waals surface area contributed by atoms with Crippen LogP contribution < -0.4 is 5.32 Å². The van der Waals surface area contributed by atoms with Gasteiger partial charge in [0.25, 0.3) is 0 Å². The minimum absolute atomic E-state index is 0.148. The Bertz CT molecular complexity index is 267. The predicted octanol–water partition coefficient (Wildman–Crippen LogP) is 2.04. The highest BCUT2D eigenvalue weighted by molar-refractivity contribution is 5.75. The summed E-state index contributed by atoms with van der Waals surface area (Å²) >= 11 is 0. The van der Waals surface area contributed by atoms with Gasteiger partial charge in [-0.05, 0) is 37.9 Å². The maximum absolute atomic E-state index is 11.7. The van der Waals surface area contributed by atoms with Crippen LogP contribution in [0.3, 0.4) is 0 Å². The van der Waals surface area contributed by atoms with Crippen LogP contribution in [-0.2, 0) is 9.53 Å². The summed E-state index contributed by atoms with van der Waals surface area (Å²) in [6.45, 7) is 10.4. The maximum Gasteiger partial charge on any atom is 0.324 e. The van der Waals surface area contributed by atoms with Gasteiger partial charge in [0, 0.05) is 6.54 Å². The normalized spacial score (nSPS) is 21.1. The van der Waals surface area contributed by atoms with E-state index in [0.29, 0.717) is 5.41 Å². The maximum atomic E-state index is 11.7. The van der Waals surface area contributed by atoms with Gasteiger partial charge in [0.1, 0.15) is 6.04 Å². The number of nitrogens with zero attached hydrogens (tertiary/aromatic N) is 1. The molecule has 1 atom stereocenters. The molecule has 1 saturated heterocycles. The van der Waals surface area contributed by atoms with E-state index in [1.54, 1.807) is 0 Å². The van der Waals surface area contributed by atoms with E-state index < -0.39 is 0 Å². The highest BCUT2D eigenvalue weighted by Crippen LogP contribution is 2.37. The zero-order valence-electron chi connectivity index (χ0n) is 13.0. The summed E-state index contributed by atoms with van der Waals surface area (Å²) in [5, 5.41) is 3.21. The van der Waals surface area contributed by atoms with E-state index in [-0.39, 0.29) is 12.0 Å². The Morgan fingerprint density at radius 2 is 1.84 bits per heavy atom. The lowest BCUT2D eigenvalue weighted by atomic mass is 9.74. The first-order valence-electron chi connectivity index (χ1n) is 7.64. The second-order valence-corrected chi connectivity index (χ2v) is 5.64. The monoisotopic (exact) mass is 270 g/mol. The summed E-state index contributed by atoms with van der Waals surface area (Å²) in [4.78, 5) is 14.1. The second kappa shape index (κ2) is 7.85. The Morgan fingerprint density at radius 1 is 1.26 bits per heavy atom. The molecule has 0 saturated carbocycles. The van der Waals surface area contributed by atoms with Crippen molar-refractivity contribution in [2.75, 3.05) is 33.3 Å². The quantitative estimate of drug-likeness (QED) is 0.719. The van der Waals surface area contributed by atoms with Crippen molar-refractivity contribution in [3.8, 4) is 0 Å². The van der Waals surface area contributed by atoms with Gasteiger partial charge in [-0.1, -0.05) is 33.6 Å². The van der Waals surface area contributed by atoms with Crippen LogP contribution in [-0.4, -0.2) is 50.2 Å². The van der Waals surface area contributed by atoms with Crippen molar-refractivity contribution >= 4 is 5.97 Å². The minimum atomic E-state index is -0.189. The molecule has 0 aliphatic carbocycles. The molecule has 112 valence electrons. The van der Waals surface area contributed by atoms with Crippen molar-refractivity contribution in [2.24, 2.45) is 5.41 Å². The smallest absolute Gasteiger partial charge is 0.324 e. The molecule has 1 aliphatic rings. The van der Waals surface area contributed by atoms with Gasteiger partial charge in [-0.3, -0.25) is 4.79 Å². The molecule has 4 heteroatoms. The second-order valence-electron chi connectivity index (χ2n) is 5.64. The number of hydrogen-bond acceptors (Lipinski definition) is 4. The number of carbonyl (C=O) groups is 1. The first-order valence-corrected chi connectivity index (χ1v) is 7.64. The highest BCUT2D eigenvalue weighted by Gasteiger charge is 2.32. The summed E-state index contributed by atoms with van der Waals surface area (Å²) in [6.07, 6.45) is 5.04. The van der Waals surface area contributed by atoms with E-state index in [1.807, 2.05) is 6.92 Å². The fourth-order valence-corrected chi connectivity index (χ4v) is 3.04. The molecule has 1 fully saturated rings. The molecule has 1 heterocycles.